The number of aromatic hydroxyl groups is 1. The summed E-state index contributed by atoms with van der Waals surface area (Å²) in [4.78, 5) is 13.2. The van der Waals surface area contributed by atoms with Crippen LogP contribution in [0, 0.1) is 0 Å². The minimum absolute atomic E-state index is 0.0745. The fourth-order valence-corrected chi connectivity index (χ4v) is 4.55. The number of nitrogens with zero attached hydrogens (tertiary/aromatic N) is 1. The molecule has 1 saturated heterocycles. The molecule has 1 fully saturated rings. The lowest BCUT2D eigenvalue weighted by Gasteiger charge is -2.33. The Bertz CT molecular complexity index is 784. The third kappa shape index (κ3) is 4.93. The van der Waals surface area contributed by atoms with Gasteiger partial charge in [0.25, 0.3) is 0 Å². The molecule has 1 aliphatic heterocycles. The molecule has 0 spiro atoms. The van der Waals surface area contributed by atoms with Crippen LogP contribution in [0.2, 0.25) is 5.02 Å². The Balaban J connectivity index is 2.03. The molecule has 0 atom stereocenters. The molecular weight excluding hydrogens is 382 g/mol. The van der Waals surface area contributed by atoms with Gasteiger partial charge in [-0.15, -0.1) is 0 Å². The van der Waals surface area contributed by atoms with Crippen LogP contribution in [0.15, 0.2) is 17.0 Å². The summed E-state index contributed by atoms with van der Waals surface area (Å²) in [5.41, 5.74) is 4.90. The summed E-state index contributed by atoms with van der Waals surface area (Å²) < 4.78 is 33.0. The molecule has 2 rings (SSSR count). The van der Waals surface area contributed by atoms with Gasteiger partial charge in [-0.05, 0) is 45.7 Å². The maximum atomic E-state index is 12.6. The molecule has 10 heteroatoms. The number of rotatable bonds is 3. The van der Waals surface area contributed by atoms with Crippen LogP contribution >= 0.6 is 11.6 Å². The molecule has 146 valence electrons. The van der Waals surface area contributed by atoms with Crippen molar-refractivity contribution in [1.29, 1.82) is 0 Å². The molecule has 8 nitrogen and oxygen atoms in total. The van der Waals surface area contributed by atoms with Gasteiger partial charge < -0.3 is 20.5 Å². The van der Waals surface area contributed by atoms with E-state index in [1.165, 1.54) is 12.1 Å². The van der Waals surface area contributed by atoms with Crippen LogP contribution in [0.4, 0.5) is 10.5 Å². The Kier molecular flexibility index (Phi) is 5.94. The number of phenolic OH excluding ortho intramolecular Hbond substituents is 1. The van der Waals surface area contributed by atoms with Crippen molar-refractivity contribution >= 4 is 33.4 Å². The van der Waals surface area contributed by atoms with Crippen molar-refractivity contribution in [3.8, 4) is 5.75 Å². The van der Waals surface area contributed by atoms with Gasteiger partial charge in [-0.1, -0.05) is 11.6 Å². The van der Waals surface area contributed by atoms with E-state index in [0.29, 0.717) is 25.9 Å². The molecule has 0 radical (unpaired) electrons. The van der Waals surface area contributed by atoms with Crippen molar-refractivity contribution in [3.05, 3.63) is 17.2 Å². The molecule has 26 heavy (non-hydrogen) atoms. The molecule has 0 aromatic heterocycles. The molecule has 1 aromatic carbocycles. The number of sulfonamides is 1. The topological polar surface area (TPSA) is 122 Å². The highest BCUT2D eigenvalue weighted by molar-refractivity contribution is 7.89. The Morgan fingerprint density at radius 3 is 2.46 bits per heavy atom. The number of likely N-dealkylation sites (tertiary alicyclic amines) is 1. The molecule has 1 amide bonds. The fourth-order valence-electron chi connectivity index (χ4n) is 2.60. The van der Waals surface area contributed by atoms with Gasteiger partial charge in [0, 0.05) is 19.1 Å². The number of nitrogens with one attached hydrogen (secondary N) is 1. The van der Waals surface area contributed by atoms with E-state index < -0.39 is 38.4 Å². The summed E-state index contributed by atoms with van der Waals surface area (Å²) in [6.07, 6.45) is 0.411. The molecule has 0 saturated carbocycles. The van der Waals surface area contributed by atoms with E-state index in [-0.39, 0.29) is 10.7 Å². The SMILES string of the molecule is CC(C)(C)OC(=O)N1CCC(NS(=O)(=O)c2c(Cl)ccc(N)c2O)CC1. The molecule has 0 aliphatic carbocycles. The molecule has 1 aliphatic rings. The first-order chi connectivity index (χ1) is 11.9. The van der Waals surface area contributed by atoms with Crippen LogP contribution in [0.3, 0.4) is 0 Å². The number of hydrogen-bond acceptors (Lipinski definition) is 6. The molecule has 0 unspecified atom stereocenters. The van der Waals surface area contributed by atoms with Crippen LogP contribution in [-0.4, -0.2) is 49.2 Å². The Morgan fingerprint density at radius 1 is 1.35 bits per heavy atom. The van der Waals surface area contributed by atoms with Crippen LogP contribution in [0.1, 0.15) is 33.6 Å². The molecule has 0 bridgehead atoms. The maximum absolute atomic E-state index is 12.6. The van der Waals surface area contributed by atoms with Crippen molar-refractivity contribution < 1.29 is 23.1 Å². The highest BCUT2D eigenvalue weighted by Crippen LogP contribution is 2.35. The number of carbonyl (C=O) groups excluding carboxylic acids is 1. The minimum atomic E-state index is -4.06. The Morgan fingerprint density at radius 2 is 1.92 bits per heavy atom. The number of ether oxygens (including phenoxy) is 1. The van der Waals surface area contributed by atoms with Gasteiger partial charge in [0.2, 0.25) is 10.0 Å². The summed E-state index contributed by atoms with van der Waals surface area (Å²) in [6.45, 7) is 6.08. The average Bonchev–Trinajstić information content (AvgIpc) is 2.49. The average molecular weight is 406 g/mol. The van der Waals surface area contributed by atoms with Crippen molar-refractivity contribution in [3.63, 3.8) is 0 Å². The first-order valence-electron chi connectivity index (χ1n) is 8.18. The van der Waals surface area contributed by atoms with Gasteiger partial charge in [-0.3, -0.25) is 0 Å². The van der Waals surface area contributed by atoms with Gasteiger partial charge in [0.1, 0.15) is 10.5 Å². The third-order valence-corrected chi connectivity index (χ3v) is 5.87. The first-order valence-corrected chi connectivity index (χ1v) is 10.0. The second-order valence-corrected chi connectivity index (χ2v) is 9.24. The number of phenols is 1. The molecule has 1 heterocycles. The number of benzene rings is 1. The highest BCUT2D eigenvalue weighted by Gasteiger charge is 2.31. The van der Waals surface area contributed by atoms with Gasteiger partial charge in [-0.25, -0.2) is 17.9 Å². The van der Waals surface area contributed by atoms with Crippen LogP contribution < -0.4 is 10.5 Å². The van der Waals surface area contributed by atoms with E-state index in [1.807, 2.05) is 0 Å². The summed E-state index contributed by atoms with van der Waals surface area (Å²) >= 11 is 5.93. The van der Waals surface area contributed by atoms with Gasteiger partial charge >= 0.3 is 6.09 Å². The number of carbonyl (C=O) groups is 1. The standard InChI is InChI=1S/C16H24ClN3O5S/c1-16(2,3)25-15(22)20-8-6-10(7-9-20)19-26(23,24)14-11(17)4-5-12(18)13(14)21/h4-5,10,19,21H,6-9,18H2,1-3H3. The van der Waals surface area contributed by atoms with Crippen LogP contribution in [0.5, 0.6) is 5.75 Å². The number of halogens is 1. The quantitative estimate of drug-likeness (QED) is 0.524. The highest BCUT2D eigenvalue weighted by atomic mass is 35.5. The molecular formula is C16H24ClN3O5S. The van der Waals surface area contributed by atoms with Crippen molar-refractivity contribution in [2.24, 2.45) is 0 Å². The van der Waals surface area contributed by atoms with Gasteiger partial charge in [0.15, 0.2) is 5.75 Å². The zero-order valence-electron chi connectivity index (χ0n) is 15.0. The van der Waals surface area contributed by atoms with Gasteiger partial charge in [0.05, 0.1) is 10.7 Å². The van der Waals surface area contributed by atoms with E-state index in [9.17, 15) is 18.3 Å². The zero-order valence-corrected chi connectivity index (χ0v) is 16.5. The fraction of sp³-hybridized carbons (Fsp3) is 0.562. The largest absolute Gasteiger partial charge is 0.504 e. The molecule has 4 N–H and O–H groups in total. The van der Waals surface area contributed by atoms with E-state index in [4.69, 9.17) is 22.1 Å². The normalized spacial score (nSPS) is 16.5. The van der Waals surface area contributed by atoms with E-state index in [2.05, 4.69) is 4.72 Å². The van der Waals surface area contributed by atoms with E-state index >= 15 is 0 Å². The van der Waals surface area contributed by atoms with Crippen LogP contribution in [-0.2, 0) is 14.8 Å². The van der Waals surface area contributed by atoms with E-state index in [1.54, 1.807) is 25.7 Å². The number of anilines is 1. The minimum Gasteiger partial charge on any atom is -0.504 e. The Hall–Kier alpha value is -1.71. The third-order valence-electron chi connectivity index (χ3n) is 3.85. The number of nitrogen functional groups attached to an aromatic ring is 1. The zero-order chi connectivity index (χ0) is 19.7. The van der Waals surface area contributed by atoms with Crippen molar-refractivity contribution in [1.82, 2.24) is 9.62 Å². The number of piperidine rings is 1. The maximum Gasteiger partial charge on any atom is 0.410 e. The van der Waals surface area contributed by atoms with Crippen LogP contribution in [0.25, 0.3) is 0 Å². The molecule has 1 aromatic rings. The van der Waals surface area contributed by atoms with E-state index in [0.717, 1.165) is 0 Å². The summed E-state index contributed by atoms with van der Waals surface area (Å²) in [5.74, 6) is -0.573. The monoisotopic (exact) mass is 405 g/mol. The summed E-state index contributed by atoms with van der Waals surface area (Å²) in [5, 5.41) is 9.85. The second kappa shape index (κ2) is 7.50. The number of nitrogens with two attached hydrogens (primary N) is 1. The predicted molar refractivity (Wildman–Crippen MR) is 98.7 cm³/mol. The second-order valence-electron chi connectivity index (χ2n) is 7.18. The van der Waals surface area contributed by atoms with Crippen molar-refractivity contribution in [2.75, 3.05) is 18.8 Å². The lowest BCUT2D eigenvalue weighted by Crippen LogP contribution is -2.47. The lowest BCUT2D eigenvalue weighted by molar-refractivity contribution is 0.0204. The summed E-state index contributed by atoms with van der Waals surface area (Å²) in [6, 6.07) is 2.25. The predicted octanol–water partition coefficient (Wildman–Crippen LogP) is 2.31. The van der Waals surface area contributed by atoms with Gasteiger partial charge in [-0.2, -0.15) is 0 Å². The number of amides is 1. The smallest absolute Gasteiger partial charge is 0.410 e. The number of hydrogen-bond donors (Lipinski definition) is 3. The van der Waals surface area contributed by atoms with Crippen molar-refractivity contribution in [2.45, 2.75) is 50.2 Å². The first kappa shape index (κ1) is 20.6. The summed E-state index contributed by atoms with van der Waals surface area (Å²) in [7, 11) is -4.06. The Labute approximate surface area is 158 Å². The lowest BCUT2D eigenvalue weighted by atomic mass is 10.1.